The first-order valence-corrected chi connectivity index (χ1v) is 15.3. The number of hydrogen-bond acceptors (Lipinski definition) is 4. The Morgan fingerprint density at radius 3 is 2.15 bits per heavy atom. The molecule has 0 saturated carbocycles. The smallest absolute Gasteiger partial charge is 0.264 e. The Bertz CT molecular complexity index is 1390. The molecule has 0 spiro atoms. The van der Waals surface area contributed by atoms with E-state index in [9.17, 15) is 18.0 Å². The molecule has 1 atom stereocenters. The normalized spacial score (nSPS) is 12.0. The molecule has 2 amide bonds. The Kier molecular flexibility index (Phi) is 10.9. The van der Waals surface area contributed by atoms with Gasteiger partial charge in [-0.05, 0) is 68.5 Å². The number of nitrogens with zero attached hydrogens (tertiary/aromatic N) is 2. The minimum absolute atomic E-state index is 0.0955. The molecule has 0 bridgehead atoms. The minimum atomic E-state index is -4.09. The van der Waals surface area contributed by atoms with Gasteiger partial charge in [-0.15, -0.1) is 0 Å². The number of hydrogen-bond donors (Lipinski definition) is 1. The first-order valence-electron chi connectivity index (χ1n) is 13.9. The molecule has 3 rings (SSSR count). The fraction of sp³-hybridized carbons (Fsp3) is 0.375. The molecule has 0 radical (unpaired) electrons. The number of aryl methyl sites for hydroxylation is 3. The van der Waals surface area contributed by atoms with Crippen molar-refractivity contribution in [2.75, 3.05) is 17.4 Å². The summed E-state index contributed by atoms with van der Waals surface area (Å²) in [5.41, 5.74) is 3.99. The summed E-state index contributed by atoms with van der Waals surface area (Å²) in [7, 11) is -4.09. The first-order chi connectivity index (χ1) is 19.1. The van der Waals surface area contributed by atoms with Gasteiger partial charge < -0.3 is 10.2 Å². The molecule has 0 aliphatic rings. The third kappa shape index (κ3) is 7.72. The van der Waals surface area contributed by atoms with Crippen LogP contribution in [0.5, 0.6) is 0 Å². The summed E-state index contributed by atoms with van der Waals surface area (Å²) < 4.78 is 29.1. The van der Waals surface area contributed by atoms with Crippen molar-refractivity contribution in [1.29, 1.82) is 0 Å². The van der Waals surface area contributed by atoms with Crippen LogP contribution in [0.2, 0.25) is 0 Å². The number of amides is 2. The summed E-state index contributed by atoms with van der Waals surface area (Å²) in [5.74, 6) is -0.681. The highest BCUT2D eigenvalue weighted by atomic mass is 32.2. The van der Waals surface area contributed by atoms with Gasteiger partial charge in [0.1, 0.15) is 12.6 Å². The summed E-state index contributed by atoms with van der Waals surface area (Å²) in [6.45, 7) is 9.88. The molecule has 0 saturated heterocycles. The van der Waals surface area contributed by atoms with E-state index >= 15 is 0 Å². The molecule has 0 fully saturated rings. The van der Waals surface area contributed by atoms with E-state index in [0.717, 1.165) is 35.1 Å². The summed E-state index contributed by atoms with van der Waals surface area (Å²) in [5, 5.41) is 2.96. The van der Waals surface area contributed by atoms with Crippen molar-refractivity contribution in [2.24, 2.45) is 0 Å². The second-order valence-corrected chi connectivity index (χ2v) is 12.1. The average Bonchev–Trinajstić information content (AvgIpc) is 2.94. The van der Waals surface area contributed by atoms with Gasteiger partial charge >= 0.3 is 0 Å². The molecule has 0 aliphatic carbocycles. The van der Waals surface area contributed by atoms with Gasteiger partial charge in [0, 0.05) is 13.1 Å². The van der Waals surface area contributed by atoms with Gasteiger partial charge in [0.05, 0.1) is 10.6 Å². The van der Waals surface area contributed by atoms with Crippen LogP contribution in [-0.2, 0) is 26.2 Å². The Labute approximate surface area is 239 Å². The summed E-state index contributed by atoms with van der Waals surface area (Å²) >= 11 is 0. The number of carbonyl (C=O) groups is 2. The predicted molar refractivity (Wildman–Crippen MR) is 161 cm³/mol. The molecular weight excluding hydrogens is 522 g/mol. The summed E-state index contributed by atoms with van der Waals surface area (Å²) in [6.07, 6.45) is 2.17. The van der Waals surface area contributed by atoms with Crippen molar-refractivity contribution in [1.82, 2.24) is 10.2 Å². The topological polar surface area (TPSA) is 86.8 Å². The predicted octanol–water partition coefficient (Wildman–Crippen LogP) is 5.53. The van der Waals surface area contributed by atoms with Crippen molar-refractivity contribution in [3.63, 3.8) is 0 Å². The lowest BCUT2D eigenvalue weighted by Crippen LogP contribution is -2.52. The van der Waals surface area contributed by atoms with E-state index in [-0.39, 0.29) is 17.3 Å². The molecule has 3 aromatic rings. The van der Waals surface area contributed by atoms with Crippen LogP contribution in [0.4, 0.5) is 5.69 Å². The monoisotopic (exact) mass is 563 g/mol. The number of rotatable bonds is 13. The van der Waals surface area contributed by atoms with Gasteiger partial charge in [0.2, 0.25) is 11.8 Å². The van der Waals surface area contributed by atoms with Crippen molar-refractivity contribution in [3.8, 4) is 0 Å². The zero-order valence-electron chi connectivity index (χ0n) is 24.2. The molecule has 0 unspecified atom stereocenters. The van der Waals surface area contributed by atoms with Crippen LogP contribution in [0.15, 0.2) is 77.7 Å². The standard InChI is InChI=1S/C32H41N3O4S/c1-6-8-20-33-32(37)29(7-2)34(22-27-18-15-24(3)16-19-27)31(36)23-35(30-21-25(4)14-17-26(30)5)40(38,39)28-12-10-9-11-13-28/h9-19,21,29H,6-8,20,22-23H2,1-5H3,(H,33,37)/t29-/m0/s1. The maximum absolute atomic E-state index is 14.1. The molecule has 8 heteroatoms. The zero-order valence-corrected chi connectivity index (χ0v) is 25.0. The van der Waals surface area contributed by atoms with E-state index in [0.29, 0.717) is 18.7 Å². The Morgan fingerprint density at radius 1 is 0.875 bits per heavy atom. The quantitative estimate of drug-likeness (QED) is 0.277. The van der Waals surface area contributed by atoms with Crippen LogP contribution >= 0.6 is 0 Å². The van der Waals surface area contributed by atoms with E-state index in [1.165, 1.54) is 21.3 Å². The number of benzene rings is 3. The maximum atomic E-state index is 14.1. The Hall–Kier alpha value is -3.65. The molecule has 214 valence electrons. The van der Waals surface area contributed by atoms with Crippen LogP contribution in [0.3, 0.4) is 0 Å². The molecule has 0 aromatic heterocycles. The fourth-order valence-electron chi connectivity index (χ4n) is 4.54. The van der Waals surface area contributed by atoms with Crippen molar-refractivity contribution in [2.45, 2.75) is 71.4 Å². The molecule has 40 heavy (non-hydrogen) atoms. The lowest BCUT2D eigenvalue weighted by Gasteiger charge is -2.33. The maximum Gasteiger partial charge on any atom is 0.264 e. The van der Waals surface area contributed by atoms with Gasteiger partial charge in [0.15, 0.2) is 0 Å². The molecule has 0 aliphatic heterocycles. The molecule has 0 heterocycles. The largest absolute Gasteiger partial charge is 0.354 e. The summed E-state index contributed by atoms with van der Waals surface area (Å²) in [6, 6.07) is 20.7. The van der Waals surface area contributed by atoms with E-state index in [4.69, 9.17) is 0 Å². The Morgan fingerprint density at radius 2 is 1.52 bits per heavy atom. The molecule has 1 N–H and O–H groups in total. The van der Waals surface area contributed by atoms with E-state index in [2.05, 4.69) is 5.32 Å². The minimum Gasteiger partial charge on any atom is -0.354 e. The van der Waals surface area contributed by atoms with Crippen LogP contribution < -0.4 is 9.62 Å². The highest BCUT2D eigenvalue weighted by Gasteiger charge is 2.34. The number of nitrogens with one attached hydrogen (secondary N) is 1. The highest BCUT2D eigenvalue weighted by Crippen LogP contribution is 2.28. The van der Waals surface area contributed by atoms with Crippen LogP contribution in [-0.4, -0.2) is 44.3 Å². The van der Waals surface area contributed by atoms with Crippen molar-refractivity contribution in [3.05, 3.63) is 95.1 Å². The SMILES string of the molecule is CCCCNC(=O)[C@H](CC)N(Cc1ccc(C)cc1)C(=O)CN(c1cc(C)ccc1C)S(=O)(=O)c1ccccc1. The van der Waals surface area contributed by atoms with Gasteiger partial charge in [0.25, 0.3) is 10.0 Å². The Balaban J connectivity index is 2.06. The van der Waals surface area contributed by atoms with E-state index < -0.39 is 28.5 Å². The number of unbranched alkanes of at least 4 members (excludes halogenated alkanes) is 1. The van der Waals surface area contributed by atoms with Crippen molar-refractivity contribution >= 4 is 27.5 Å². The van der Waals surface area contributed by atoms with Crippen LogP contribution in [0.1, 0.15) is 55.4 Å². The van der Waals surface area contributed by atoms with Crippen LogP contribution in [0.25, 0.3) is 0 Å². The molecule has 7 nitrogen and oxygen atoms in total. The number of sulfonamides is 1. The van der Waals surface area contributed by atoms with Crippen molar-refractivity contribution < 1.29 is 18.0 Å². The zero-order chi connectivity index (χ0) is 29.3. The van der Waals surface area contributed by atoms with Crippen LogP contribution in [0, 0.1) is 20.8 Å². The molecular formula is C32H41N3O4S. The lowest BCUT2D eigenvalue weighted by molar-refractivity contribution is -0.140. The second kappa shape index (κ2) is 14.1. The van der Waals surface area contributed by atoms with Gasteiger partial charge in [-0.1, -0.05) is 80.4 Å². The highest BCUT2D eigenvalue weighted by molar-refractivity contribution is 7.92. The number of carbonyl (C=O) groups excluding carboxylic acids is 2. The molecule has 3 aromatic carbocycles. The van der Waals surface area contributed by atoms with Gasteiger partial charge in [-0.2, -0.15) is 0 Å². The van der Waals surface area contributed by atoms with E-state index in [1.807, 2.05) is 71.0 Å². The fourth-order valence-corrected chi connectivity index (χ4v) is 6.03. The van der Waals surface area contributed by atoms with Gasteiger partial charge in [-0.25, -0.2) is 8.42 Å². The first kappa shape index (κ1) is 30.9. The van der Waals surface area contributed by atoms with Gasteiger partial charge in [-0.3, -0.25) is 13.9 Å². The second-order valence-electron chi connectivity index (χ2n) is 10.2. The average molecular weight is 564 g/mol. The summed E-state index contributed by atoms with van der Waals surface area (Å²) in [4.78, 5) is 29.0. The lowest BCUT2D eigenvalue weighted by atomic mass is 10.1. The van der Waals surface area contributed by atoms with E-state index in [1.54, 1.807) is 24.3 Å². The third-order valence-corrected chi connectivity index (χ3v) is 8.71. The third-order valence-electron chi connectivity index (χ3n) is 6.93. The number of anilines is 1.